The lowest BCUT2D eigenvalue weighted by Crippen LogP contribution is -2.22. The molecule has 9 nitrogen and oxygen atoms in total. The minimum Gasteiger partial charge on any atom is -0.368 e. The number of aromatic nitrogens is 2. The van der Waals surface area contributed by atoms with E-state index < -0.39 is 9.84 Å². The zero-order chi connectivity index (χ0) is 27.8. The highest BCUT2D eigenvalue weighted by atomic mass is 32.2. The largest absolute Gasteiger partial charge is 0.368 e. The van der Waals surface area contributed by atoms with Crippen LogP contribution in [0.2, 0.25) is 0 Å². The van der Waals surface area contributed by atoms with Crippen LogP contribution in [0, 0.1) is 0 Å². The van der Waals surface area contributed by atoms with Crippen molar-refractivity contribution in [3.63, 3.8) is 0 Å². The van der Waals surface area contributed by atoms with E-state index >= 15 is 0 Å². The summed E-state index contributed by atoms with van der Waals surface area (Å²) in [6, 6.07) is 26.3. The van der Waals surface area contributed by atoms with Crippen molar-refractivity contribution >= 4 is 38.8 Å². The highest BCUT2D eigenvalue weighted by Crippen LogP contribution is 2.34. The summed E-state index contributed by atoms with van der Waals surface area (Å²) in [5.74, 6) is 1.61. The second-order valence-corrected chi connectivity index (χ2v) is 11.3. The first-order valence-electron chi connectivity index (χ1n) is 12.5. The van der Waals surface area contributed by atoms with Crippen LogP contribution in [0.15, 0.2) is 94.9 Å². The third-order valence-electron chi connectivity index (χ3n) is 5.88. The number of anilines is 4. The van der Waals surface area contributed by atoms with Gasteiger partial charge in [0, 0.05) is 25.0 Å². The molecule has 3 aromatic carbocycles. The lowest BCUT2D eigenvalue weighted by Gasteiger charge is -2.18. The smallest absolute Gasteiger partial charge is 0.231 e. The van der Waals surface area contributed by atoms with E-state index in [9.17, 15) is 8.42 Å². The first-order chi connectivity index (χ1) is 18.7. The van der Waals surface area contributed by atoms with Crippen LogP contribution in [-0.2, 0) is 9.84 Å². The molecule has 0 saturated carbocycles. The van der Waals surface area contributed by atoms with Crippen LogP contribution in [0.4, 0.5) is 23.3 Å². The van der Waals surface area contributed by atoms with Gasteiger partial charge >= 0.3 is 0 Å². The Labute approximate surface area is 229 Å². The summed E-state index contributed by atoms with van der Waals surface area (Å²) in [5, 5.41) is 11.4. The lowest BCUT2D eigenvalue weighted by molar-refractivity contribution is 0.425. The van der Waals surface area contributed by atoms with Crippen LogP contribution in [0.25, 0.3) is 11.1 Å². The normalized spacial score (nSPS) is 11.9. The molecule has 0 amide bonds. The third kappa shape index (κ3) is 7.62. The standard InChI is InChI=1S/C29H33N7O2S/c1-21(22-15-17-25(18-16-22)39(4,37)38)34-35-28-26(23-11-7-5-8-12-23)27(30-19-20-36(2)3)32-29(33-28)31-24-13-9-6-10-14-24/h5-18H,19-20H2,1-4H3,(H3,30,31,32,33,35). The molecule has 0 unspecified atom stereocenters. The minimum atomic E-state index is -3.27. The molecule has 0 atom stereocenters. The predicted molar refractivity (Wildman–Crippen MR) is 160 cm³/mol. The van der Waals surface area contributed by atoms with Crippen molar-refractivity contribution in [2.45, 2.75) is 11.8 Å². The van der Waals surface area contributed by atoms with Gasteiger partial charge in [0.25, 0.3) is 0 Å². The number of rotatable bonds is 11. The molecule has 3 N–H and O–H groups in total. The summed E-state index contributed by atoms with van der Waals surface area (Å²) < 4.78 is 23.7. The molecule has 1 heterocycles. The molecular weight excluding hydrogens is 510 g/mol. The Morgan fingerprint density at radius 3 is 2.10 bits per heavy atom. The Kier molecular flexibility index (Phi) is 8.90. The van der Waals surface area contributed by atoms with Crippen LogP contribution in [0.5, 0.6) is 0 Å². The van der Waals surface area contributed by atoms with Crippen LogP contribution < -0.4 is 16.1 Å². The van der Waals surface area contributed by atoms with E-state index in [-0.39, 0.29) is 4.90 Å². The number of nitrogens with one attached hydrogen (secondary N) is 3. The van der Waals surface area contributed by atoms with Gasteiger partial charge in [-0.3, -0.25) is 5.43 Å². The highest BCUT2D eigenvalue weighted by Gasteiger charge is 2.17. The molecule has 0 spiro atoms. The fraction of sp³-hybridized carbons (Fsp3) is 0.207. The van der Waals surface area contributed by atoms with Crippen molar-refractivity contribution in [2.24, 2.45) is 5.10 Å². The molecule has 0 fully saturated rings. The second kappa shape index (κ2) is 12.5. The van der Waals surface area contributed by atoms with E-state index in [1.807, 2.05) is 81.7 Å². The fourth-order valence-corrected chi connectivity index (χ4v) is 4.43. The topological polar surface area (TPSA) is 112 Å². The van der Waals surface area contributed by atoms with E-state index in [4.69, 9.17) is 9.97 Å². The van der Waals surface area contributed by atoms with Crippen molar-refractivity contribution in [3.8, 4) is 11.1 Å². The van der Waals surface area contributed by atoms with Gasteiger partial charge in [-0.05, 0) is 56.4 Å². The lowest BCUT2D eigenvalue weighted by atomic mass is 10.1. The monoisotopic (exact) mass is 543 g/mol. The Morgan fingerprint density at radius 1 is 0.872 bits per heavy atom. The van der Waals surface area contributed by atoms with Gasteiger partial charge in [-0.2, -0.15) is 15.1 Å². The summed E-state index contributed by atoms with van der Waals surface area (Å²) in [6.07, 6.45) is 1.19. The molecule has 202 valence electrons. The molecule has 4 aromatic rings. The van der Waals surface area contributed by atoms with Crippen molar-refractivity contribution in [1.29, 1.82) is 0 Å². The number of benzene rings is 3. The van der Waals surface area contributed by atoms with Crippen LogP contribution in [-0.4, -0.2) is 62.4 Å². The Bertz CT molecular complexity index is 1520. The van der Waals surface area contributed by atoms with Crippen molar-refractivity contribution < 1.29 is 8.42 Å². The van der Waals surface area contributed by atoms with E-state index in [2.05, 4.69) is 26.1 Å². The molecule has 0 saturated heterocycles. The van der Waals surface area contributed by atoms with Crippen molar-refractivity contribution in [2.75, 3.05) is 49.5 Å². The molecule has 0 aliphatic rings. The maximum Gasteiger partial charge on any atom is 0.231 e. The molecule has 0 aliphatic carbocycles. The summed E-state index contributed by atoms with van der Waals surface area (Å²) in [4.78, 5) is 12.0. The van der Waals surface area contributed by atoms with Gasteiger partial charge in [-0.1, -0.05) is 60.7 Å². The molecule has 0 radical (unpaired) electrons. The number of hydrazone groups is 1. The Morgan fingerprint density at radius 2 is 1.49 bits per heavy atom. The molecule has 4 rings (SSSR count). The van der Waals surface area contributed by atoms with Gasteiger partial charge in [0.05, 0.1) is 16.2 Å². The second-order valence-electron chi connectivity index (χ2n) is 9.31. The zero-order valence-electron chi connectivity index (χ0n) is 22.5. The number of nitrogens with zero attached hydrogens (tertiary/aromatic N) is 4. The van der Waals surface area contributed by atoms with Gasteiger partial charge in [-0.25, -0.2) is 8.42 Å². The van der Waals surface area contributed by atoms with E-state index in [0.717, 1.165) is 28.9 Å². The molecule has 0 aliphatic heterocycles. The average Bonchev–Trinajstić information content (AvgIpc) is 2.92. The van der Waals surface area contributed by atoms with Gasteiger partial charge in [0.15, 0.2) is 15.7 Å². The summed E-state index contributed by atoms with van der Waals surface area (Å²) in [7, 11) is 0.771. The quantitative estimate of drug-likeness (QED) is 0.177. The number of hydrogen-bond donors (Lipinski definition) is 3. The van der Waals surface area contributed by atoms with Crippen molar-refractivity contribution in [1.82, 2.24) is 14.9 Å². The fourth-order valence-electron chi connectivity index (χ4n) is 3.80. The van der Waals surface area contributed by atoms with E-state index in [0.29, 0.717) is 29.8 Å². The van der Waals surface area contributed by atoms with Gasteiger partial charge < -0.3 is 15.5 Å². The SMILES string of the molecule is CC(=NNc1nc(Nc2ccccc2)nc(NCCN(C)C)c1-c1ccccc1)c1ccc(S(C)(=O)=O)cc1. The number of para-hydroxylation sites is 1. The summed E-state index contributed by atoms with van der Waals surface area (Å²) >= 11 is 0. The molecule has 10 heteroatoms. The van der Waals surface area contributed by atoms with Gasteiger partial charge in [0.2, 0.25) is 5.95 Å². The van der Waals surface area contributed by atoms with E-state index in [1.165, 1.54) is 6.26 Å². The maximum absolute atomic E-state index is 11.8. The maximum atomic E-state index is 11.8. The van der Waals surface area contributed by atoms with Crippen LogP contribution >= 0.6 is 0 Å². The molecule has 0 bridgehead atoms. The first-order valence-corrected chi connectivity index (χ1v) is 14.4. The Balaban J connectivity index is 1.75. The zero-order valence-corrected chi connectivity index (χ0v) is 23.3. The summed E-state index contributed by atoms with van der Waals surface area (Å²) in [5.41, 5.74) is 7.20. The average molecular weight is 544 g/mol. The number of hydrogen-bond acceptors (Lipinski definition) is 9. The first kappa shape index (κ1) is 27.7. The van der Waals surface area contributed by atoms with Crippen LogP contribution in [0.1, 0.15) is 12.5 Å². The molecule has 1 aromatic heterocycles. The highest BCUT2D eigenvalue weighted by molar-refractivity contribution is 7.90. The third-order valence-corrected chi connectivity index (χ3v) is 7.01. The van der Waals surface area contributed by atoms with Crippen LogP contribution in [0.3, 0.4) is 0 Å². The Hall–Kier alpha value is -4.28. The summed E-state index contributed by atoms with van der Waals surface area (Å²) in [6.45, 7) is 3.36. The van der Waals surface area contributed by atoms with E-state index in [1.54, 1.807) is 24.3 Å². The molecule has 39 heavy (non-hydrogen) atoms. The molecular formula is C29H33N7O2S. The van der Waals surface area contributed by atoms with Gasteiger partial charge in [-0.15, -0.1) is 0 Å². The van der Waals surface area contributed by atoms with Crippen molar-refractivity contribution in [3.05, 3.63) is 90.5 Å². The van der Waals surface area contributed by atoms with Gasteiger partial charge in [0.1, 0.15) is 5.82 Å². The predicted octanol–water partition coefficient (Wildman–Crippen LogP) is 5.10. The number of likely N-dealkylation sites (N-methyl/N-ethyl adjacent to an activating group) is 1. The number of sulfone groups is 1. The minimum absolute atomic E-state index is 0.263.